The molecule has 11 rings (SSSR count). The number of fused-ring (bicyclic) bond motifs is 4. The number of benzene rings is 8. The van der Waals surface area contributed by atoms with E-state index >= 15 is 0 Å². The van der Waals surface area contributed by atoms with E-state index in [-0.39, 0.29) is 42.7 Å². The molecular formula is C70H67N4OPt-3. The first-order valence-electron chi connectivity index (χ1n) is 26.3. The number of ether oxygens (including phenoxy) is 1. The van der Waals surface area contributed by atoms with Crippen LogP contribution in [0.2, 0.25) is 0 Å². The molecule has 0 saturated heterocycles. The first-order chi connectivity index (χ1) is 35.7. The maximum atomic E-state index is 6.85. The molecule has 0 spiro atoms. The summed E-state index contributed by atoms with van der Waals surface area (Å²) in [7, 11) is 0. The van der Waals surface area contributed by atoms with Gasteiger partial charge in [-0.05, 0) is 102 Å². The second kappa shape index (κ2) is 19.7. The molecule has 0 fully saturated rings. The van der Waals surface area contributed by atoms with Crippen molar-refractivity contribution in [3.63, 3.8) is 0 Å². The van der Waals surface area contributed by atoms with Gasteiger partial charge in [0.2, 0.25) is 0 Å². The van der Waals surface area contributed by atoms with Gasteiger partial charge in [-0.15, -0.1) is 48.1 Å². The molecule has 8 aromatic carbocycles. The topological polar surface area (TPSA) is 33.5 Å². The van der Waals surface area contributed by atoms with Gasteiger partial charge in [0.15, 0.2) is 0 Å². The van der Waals surface area contributed by atoms with Crippen LogP contribution in [0.15, 0.2) is 182 Å². The predicted molar refractivity (Wildman–Crippen MR) is 315 cm³/mol. The van der Waals surface area contributed by atoms with Crippen molar-refractivity contribution in [3.05, 3.63) is 223 Å². The van der Waals surface area contributed by atoms with E-state index in [4.69, 9.17) is 9.72 Å². The third-order valence-electron chi connectivity index (χ3n) is 14.7. The standard InChI is InChI=1S/C70H67N4O.Pt/c1-67(2,3)50-32-29-48(30-33-50)60-44-71-65(43-61(60)70(10,11)12)74-62-36-31-49(46-21-15-13-16-22-46)37-59(62)58-35-34-56(42-64(58)74)75-55-26-19-25-53(41-55)72-45-73(54-39-51(68(4,5)6)38-52(40-54)69(7,8)9)66-57(27-20-28-63(66)72)47-23-17-14-18-24-47;/h13-40,43-45H,1-12H3;/q-3;. The molecule has 0 bridgehead atoms. The van der Waals surface area contributed by atoms with E-state index in [0.717, 1.165) is 78.2 Å². The van der Waals surface area contributed by atoms with Crippen LogP contribution in [0.5, 0.6) is 11.5 Å². The van der Waals surface area contributed by atoms with Crippen molar-refractivity contribution in [3.8, 4) is 50.7 Å². The predicted octanol–water partition coefficient (Wildman–Crippen LogP) is 19.2. The van der Waals surface area contributed by atoms with E-state index in [1.165, 1.54) is 27.8 Å². The molecule has 0 radical (unpaired) electrons. The maximum absolute atomic E-state index is 6.85. The quantitative estimate of drug-likeness (QED) is 0.142. The molecule has 0 atom stereocenters. The van der Waals surface area contributed by atoms with Crippen LogP contribution in [-0.2, 0) is 42.7 Å². The van der Waals surface area contributed by atoms with Gasteiger partial charge >= 0.3 is 0 Å². The Morgan fingerprint density at radius 1 is 0.461 bits per heavy atom. The Balaban J connectivity index is 0.00000657. The number of anilines is 4. The zero-order valence-corrected chi connectivity index (χ0v) is 48.2. The molecule has 5 nitrogen and oxygen atoms in total. The van der Waals surface area contributed by atoms with Gasteiger partial charge in [-0.25, -0.2) is 4.98 Å². The molecule has 2 aromatic heterocycles. The summed E-state index contributed by atoms with van der Waals surface area (Å²) in [4.78, 5) is 9.89. The summed E-state index contributed by atoms with van der Waals surface area (Å²) in [6.07, 6.45) is 2.06. The largest absolute Gasteiger partial charge is 0.509 e. The second-order valence-electron chi connectivity index (χ2n) is 24.3. The first kappa shape index (κ1) is 52.2. The number of hydrogen-bond donors (Lipinski definition) is 0. The van der Waals surface area contributed by atoms with E-state index in [2.05, 4.69) is 280 Å². The Labute approximate surface area is 465 Å². The van der Waals surface area contributed by atoms with Gasteiger partial charge in [0, 0.05) is 72.5 Å². The smallest absolute Gasteiger partial charge is 0.135 e. The molecular weight excluding hydrogens is 1110 g/mol. The second-order valence-corrected chi connectivity index (χ2v) is 24.3. The van der Waals surface area contributed by atoms with Crippen LogP contribution in [0.1, 0.15) is 105 Å². The third kappa shape index (κ3) is 10.0. The minimum Gasteiger partial charge on any atom is -0.509 e. The van der Waals surface area contributed by atoms with E-state index < -0.39 is 0 Å². The summed E-state index contributed by atoms with van der Waals surface area (Å²) in [6, 6.07) is 70.7. The molecule has 3 heterocycles. The summed E-state index contributed by atoms with van der Waals surface area (Å²) >= 11 is 0. The van der Waals surface area contributed by atoms with Crippen LogP contribution in [-0.4, -0.2) is 9.55 Å². The van der Waals surface area contributed by atoms with Gasteiger partial charge in [0.1, 0.15) is 5.82 Å². The number of aromatic nitrogens is 2. The molecule has 0 N–H and O–H groups in total. The minimum absolute atomic E-state index is 0. The zero-order valence-electron chi connectivity index (χ0n) is 45.9. The van der Waals surface area contributed by atoms with Crippen molar-refractivity contribution in [2.24, 2.45) is 0 Å². The molecule has 10 aromatic rings. The summed E-state index contributed by atoms with van der Waals surface area (Å²) in [6.45, 7) is 29.6. The van der Waals surface area contributed by atoms with Gasteiger partial charge in [-0.2, -0.15) is 12.1 Å². The molecule has 0 aliphatic carbocycles. The van der Waals surface area contributed by atoms with Crippen molar-refractivity contribution in [2.45, 2.75) is 105 Å². The Kier molecular flexibility index (Phi) is 13.6. The Morgan fingerprint density at radius 3 is 1.71 bits per heavy atom. The maximum Gasteiger partial charge on any atom is 0.135 e. The number of nitrogens with zero attached hydrogens (tertiary/aromatic N) is 4. The van der Waals surface area contributed by atoms with Crippen LogP contribution in [0, 0.1) is 18.8 Å². The molecule has 1 aliphatic heterocycles. The molecule has 386 valence electrons. The number of rotatable bonds is 8. The van der Waals surface area contributed by atoms with Crippen molar-refractivity contribution in [1.82, 2.24) is 9.55 Å². The minimum atomic E-state index is -0.174. The van der Waals surface area contributed by atoms with Crippen LogP contribution in [0.3, 0.4) is 0 Å². The Morgan fingerprint density at radius 2 is 1.07 bits per heavy atom. The Hall–Kier alpha value is -7.20. The van der Waals surface area contributed by atoms with Crippen molar-refractivity contribution < 1.29 is 25.8 Å². The van der Waals surface area contributed by atoms with Gasteiger partial charge in [-0.1, -0.05) is 204 Å². The SMILES string of the molecule is CC(C)(C)c1ccc(-c2cnc(-n3c4[c-]c(Oc5[c-]c(N6[CH-]N(c7cc(C(C)(C)C)cc(C(C)(C)C)c7)c7c(-c8ccccc8)cccc76)ccc5)ccc4c4cc(-c5ccccc5)ccc43)cc2C(C)(C)C)cc1.[Pt]. The van der Waals surface area contributed by atoms with Crippen LogP contribution >= 0.6 is 0 Å². The normalized spacial score (nSPS) is 13.1. The van der Waals surface area contributed by atoms with E-state index in [0.29, 0.717) is 11.5 Å². The summed E-state index contributed by atoms with van der Waals surface area (Å²) in [5.74, 6) is 2.00. The average Bonchev–Trinajstić information content (AvgIpc) is 3.98. The summed E-state index contributed by atoms with van der Waals surface area (Å²) in [5, 5.41) is 2.19. The van der Waals surface area contributed by atoms with Gasteiger partial charge in [-0.3, -0.25) is 0 Å². The summed E-state index contributed by atoms with van der Waals surface area (Å²) < 4.78 is 9.11. The molecule has 76 heavy (non-hydrogen) atoms. The van der Waals surface area contributed by atoms with Gasteiger partial charge in [0.05, 0.1) is 0 Å². The van der Waals surface area contributed by atoms with Crippen molar-refractivity contribution >= 4 is 44.6 Å². The number of pyridine rings is 1. The third-order valence-corrected chi connectivity index (χ3v) is 14.7. The van der Waals surface area contributed by atoms with E-state index in [1.807, 2.05) is 18.2 Å². The molecule has 6 heteroatoms. The Bertz CT molecular complexity index is 3720. The zero-order chi connectivity index (χ0) is 52.6. The molecule has 0 saturated carbocycles. The van der Waals surface area contributed by atoms with Crippen LogP contribution in [0.25, 0.3) is 61.0 Å². The van der Waals surface area contributed by atoms with Crippen LogP contribution < -0.4 is 14.5 Å². The van der Waals surface area contributed by atoms with E-state index in [9.17, 15) is 0 Å². The monoisotopic (exact) mass is 1170 g/mol. The molecule has 0 amide bonds. The van der Waals surface area contributed by atoms with Crippen molar-refractivity contribution in [1.29, 1.82) is 0 Å². The first-order valence-corrected chi connectivity index (χ1v) is 26.3. The van der Waals surface area contributed by atoms with E-state index in [1.54, 1.807) is 0 Å². The van der Waals surface area contributed by atoms with Gasteiger partial charge in [0.25, 0.3) is 0 Å². The fourth-order valence-electron chi connectivity index (χ4n) is 10.4. The number of hydrogen-bond acceptors (Lipinski definition) is 4. The molecule has 1 aliphatic rings. The fourth-order valence-corrected chi connectivity index (χ4v) is 10.4. The van der Waals surface area contributed by atoms with Crippen molar-refractivity contribution in [2.75, 3.05) is 9.80 Å². The number of para-hydroxylation sites is 1. The fraction of sp³-hybridized carbons (Fsp3) is 0.229. The average molecular weight is 1180 g/mol. The molecule has 0 unspecified atom stereocenters. The summed E-state index contributed by atoms with van der Waals surface area (Å²) in [5.41, 5.74) is 17.9. The van der Waals surface area contributed by atoms with Crippen LogP contribution in [0.4, 0.5) is 22.7 Å². The van der Waals surface area contributed by atoms with Gasteiger partial charge < -0.3 is 19.1 Å².